The second-order valence-electron chi connectivity index (χ2n) is 6.35. The molecule has 0 unspecified atom stereocenters. The zero-order valence-corrected chi connectivity index (χ0v) is 16.2. The number of ether oxygens (including phenoxy) is 1. The number of amides is 2. The number of non-ortho nitro benzene ring substituents is 1. The highest BCUT2D eigenvalue weighted by Crippen LogP contribution is 2.34. The smallest absolute Gasteiger partial charge is 0.269 e. The fourth-order valence-corrected chi connectivity index (χ4v) is 4.55. The van der Waals surface area contributed by atoms with E-state index in [0.717, 1.165) is 34.3 Å². The molecule has 3 aromatic rings. The summed E-state index contributed by atoms with van der Waals surface area (Å²) in [5, 5.41) is 13.4. The fraction of sp³-hybridized carbons (Fsp3) is 0.0526. The number of carbonyl (C=O) groups is 2. The number of imide groups is 1. The van der Waals surface area contributed by atoms with Gasteiger partial charge < -0.3 is 4.74 Å². The predicted molar refractivity (Wildman–Crippen MR) is 105 cm³/mol. The van der Waals surface area contributed by atoms with Gasteiger partial charge in [-0.1, -0.05) is 0 Å². The van der Waals surface area contributed by atoms with Gasteiger partial charge in [0, 0.05) is 35.4 Å². The van der Waals surface area contributed by atoms with Gasteiger partial charge in [0.2, 0.25) is 0 Å². The van der Waals surface area contributed by atoms with E-state index in [4.69, 9.17) is 4.74 Å². The van der Waals surface area contributed by atoms with E-state index in [0.29, 0.717) is 11.1 Å². The standard InChI is InChI=1S/C19H13N3O7S/c1-29-12-4-7-17-14(8-12)16(15-9-18(23)20-19(15)24)10-21(17)30(27,28)13-5-2-11(3-6-13)22(25)26/h2-10H,1H3,(H,20,23,24). The van der Waals surface area contributed by atoms with Gasteiger partial charge in [0.15, 0.2) is 0 Å². The summed E-state index contributed by atoms with van der Waals surface area (Å²) in [6.07, 6.45) is 2.34. The van der Waals surface area contributed by atoms with E-state index in [-0.39, 0.29) is 27.2 Å². The van der Waals surface area contributed by atoms with Crippen molar-refractivity contribution in [2.45, 2.75) is 4.90 Å². The third kappa shape index (κ3) is 3.01. The number of aromatic nitrogens is 1. The monoisotopic (exact) mass is 427 g/mol. The molecule has 1 N–H and O–H groups in total. The van der Waals surface area contributed by atoms with Crippen molar-refractivity contribution in [3.8, 4) is 5.75 Å². The molecule has 1 aromatic heterocycles. The third-order valence-corrected chi connectivity index (χ3v) is 6.32. The number of nitro benzene ring substituents is 1. The van der Waals surface area contributed by atoms with Gasteiger partial charge in [-0.25, -0.2) is 12.4 Å². The van der Waals surface area contributed by atoms with Gasteiger partial charge in [-0.05, 0) is 30.3 Å². The average Bonchev–Trinajstić information content (AvgIpc) is 3.26. The van der Waals surface area contributed by atoms with Crippen molar-refractivity contribution in [2.75, 3.05) is 7.11 Å². The highest BCUT2D eigenvalue weighted by Gasteiger charge is 2.28. The molecule has 0 bridgehead atoms. The summed E-state index contributed by atoms with van der Waals surface area (Å²) in [5.41, 5.74) is 0.258. The Morgan fingerprint density at radius 3 is 2.37 bits per heavy atom. The highest BCUT2D eigenvalue weighted by atomic mass is 32.2. The molecule has 0 saturated carbocycles. The zero-order chi connectivity index (χ0) is 21.6. The Hall–Kier alpha value is -3.99. The summed E-state index contributed by atoms with van der Waals surface area (Å²) >= 11 is 0. The van der Waals surface area contributed by atoms with E-state index in [1.165, 1.54) is 19.4 Å². The van der Waals surface area contributed by atoms with Crippen molar-refractivity contribution < 1.29 is 27.7 Å². The van der Waals surface area contributed by atoms with Crippen molar-refractivity contribution >= 4 is 44.0 Å². The second kappa shape index (κ2) is 6.81. The van der Waals surface area contributed by atoms with Gasteiger partial charge in [-0.3, -0.25) is 25.0 Å². The van der Waals surface area contributed by atoms with Crippen LogP contribution in [0.4, 0.5) is 5.69 Å². The first kappa shape index (κ1) is 19.3. The maximum Gasteiger partial charge on any atom is 0.269 e. The number of hydrogen-bond acceptors (Lipinski definition) is 7. The molecule has 1 aliphatic heterocycles. The van der Waals surface area contributed by atoms with Gasteiger partial charge >= 0.3 is 0 Å². The summed E-state index contributed by atoms with van der Waals surface area (Å²) in [7, 11) is -2.72. The van der Waals surface area contributed by atoms with Crippen molar-refractivity contribution in [1.82, 2.24) is 9.29 Å². The molecule has 2 amide bonds. The van der Waals surface area contributed by atoms with E-state index in [1.807, 2.05) is 0 Å². The third-order valence-electron chi connectivity index (χ3n) is 4.63. The van der Waals surface area contributed by atoms with Crippen LogP contribution in [-0.4, -0.2) is 36.2 Å². The molecule has 0 saturated heterocycles. The minimum Gasteiger partial charge on any atom is -0.497 e. The quantitative estimate of drug-likeness (QED) is 0.372. The van der Waals surface area contributed by atoms with Crippen LogP contribution >= 0.6 is 0 Å². The lowest BCUT2D eigenvalue weighted by Gasteiger charge is -2.08. The SMILES string of the molecule is COc1ccc2c(c1)c(C1=CC(=O)NC1=O)cn2S(=O)(=O)c1ccc([N+](=O)[O-])cc1. The number of nitro groups is 1. The molecule has 1 aliphatic rings. The van der Waals surface area contributed by atoms with Crippen LogP contribution in [0.25, 0.3) is 16.5 Å². The zero-order valence-electron chi connectivity index (χ0n) is 15.4. The minimum absolute atomic E-state index is 0.0240. The second-order valence-corrected chi connectivity index (χ2v) is 8.17. The topological polar surface area (TPSA) is 138 Å². The number of benzene rings is 2. The van der Waals surface area contributed by atoms with Gasteiger partial charge in [-0.2, -0.15) is 0 Å². The molecule has 2 aromatic carbocycles. The van der Waals surface area contributed by atoms with Crippen LogP contribution in [0.5, 0.6) is 5.75 Å². The Kier molecular flexibility index (Phi) is 4.39. The Labute approximate surface area is 169 Å². The first-order chi connectivity index (χ1) is 14.2. The number of carbonyl (C=O) groups excluding carboxylic acids is 2. The molecule has 152 valence electrons. The number of nitrogens with zero attached hydrogens (tertiary/aromatic N) is 2. The van der Waals surface area contributed by atoms with Gasteiger partial charge in [0.25, 0.3) is 27.5 Å². The number of rotatable bonds is 5. The number of hydrogen-bond donors (Lipinski definition) is 1. The highest BCUT2D eigenvalue weighted by molar-refractivity contribution is 7.90. The van der Waals surface area contributed by atoms with E-state index in [1.54, 1.807) is 12.1 Å². The molecule has 4 rings (SSSR count). The predicted octanol–water partition coefficient (Wildman–Crippen LogP) is 1.83. The minimum atomic E-state index is -4.16. The molecule has 0 atom stereocenters. The van der Waals surface area contributed by atoms with Gasteiger partial charge in [0.1, 0.15) is 5.75 Å². The normalized spacial score (nSPS) is 14.0. The van der Waals surface area contributed by atoms with Crippen LogP contribution in [-0.2, 0) is 19.6 Å². The number of nitrogens with one attached hydrogen (secondary N) is 1. The fourth-order valence-electron chi connectivity index (χ4n) is 3.19. The Morgan fingerprint density at radius 2 is 1.80 bits per heavy atom. The van der Waals surface area contributed by atoms with Crippen molar-refractivity contribution in [2.24, 2.45) is 0 Å². The van der Waals surface area contributed by atoms with Crippen LogP contribution in [0, 0.1) is 10.1 Å². The van der Waals surface area contributed by atoms with Crippen LogP contribution < -0.4 is 10.1 Å². The molecular formula is C19H13N3O7S. The first-order valence-corrected chi connectivity index (χ1v) is 9.93. The molecule has 2 heterocycles. The summed E-state index contributed by atoms with van der Waals surface area (Å²) in [6, 6.07) is 9.07. The maximum absolute atomic E-state index is 13.2. The summed E-state index contributed by atoms with van der Waals surface area (Å²) in [5.74, 6) is -0.814. The molecule has 10 nitrogen and oxygen atoms in total. The lowest BCUT2D eigenvalue weighted by atomic mass is 10.1. The van der Waals surface area contributed by atoms with Crippen molar-refractivity contribution in [3.05, 3.63) is 70.4 Å². The molecule has 0 aliphatic carbocycles. The molecule has 0 fully saturated rings. The van der Waals surface area contributed by atoms with Crippen LogP contribution in [0.1, 0.15) is 5.56 Å². The van der Waals surface area contributed by atoms with E-state index in [9.17, 15) is 28.1 Å². The first-order valence-electron chi connectivity index (χ1n) is 8.49. The average molecular weight is 427 g/mol. The summed E-state index contributed by atoms with van der Waals surface area (Å²) < 4.78 is 32.6. The van der Waals surface area contributed by atoms with Gasteiger partial charge in [0.05, 0.1) is 28.0 Å². The Morgan fingerprint density at radius 1 is 1.10 bits per heavy atom. The van der Waals surface area contributed by atoms with E-state index < -0.39 is 26.8 Å². The lowest BCUT2D eigenvalue weighted by molar-refractivity contribution is -0.384. The van der Waals surface area contributed by atoms with Gasteiger partial charge in [-0.15, -0.1) is 0 Å². The molecule has 30 heavy (non-hydrogen) atoms. The number of methoxy groups -OCH3 is 1. The molecule has 0 radical (unpaired) electrons. The summed E-state index contributed by atoms with van der Waals surface area (Å²) in [4.78, 5) is 33.8. The molecule has 0 spiro atoms. The summed E-state index contributed by atoms with van der Waals surface area (Å²) in [6.45, 7) is 0. The Bertz CT molecular complexity index is 1370. The maximum atomic E-state index is 13.2. The number of fused-ring (bicyclic) bond motifs is 1. The molecular weight excluding hydrogens is 414 g/mol. The van der Waals surface area contributed by atoms with E-state index >= 15 is 0 Å². The largest absolute Gasteiger partial charge is 0.497 e. The van der Waals surface area contributed by atoms with Crippen molar-refractivity contribution in [3.63, 3.8) is 0 Å². The van der Waals surface area contributed by atoms with Crippen molar-refractivity contribution in [1.29, 1.82) is 0 Å². The lowest BCUT2D eigenvalue weighted by Crippen LogP contribution is -2.21. The van der Waals surface area contributed by atoms with Crippen LogP contribution in [0.15, 0.2) is 59.6 Å². The Balaban J connectivity index is 1.95. The van der Waals surface area contributed by atoms with Crippen LogP contribution in [0.3, 0.4) is 0 Å². The molecule has 11 heteroatoms. The van der Waals surface area contributed by atoms with Crippen LogP contribution in [0.2, 0.25) is 0 Å². The van der Waals surface area contributed by atoms with E-state index in [2.05, 4.69) is 5.32 Å².